The molecule has 0 bridgehead atoms. The molecule has 0 unspecified atom stereocenters. The average molecular weight is 547 g/mol. The van der Waals surface area contributed by atoms with Gasteiger partial charge in [-0.3, -0.25) is 0 Å². The van der Waals surface area contributed by atoms with Crippen LogP contribution in [0.4, 0.5) is 0 Å². The number of thioether (sulfide) groups is 1. The summed E-state index contributed by atoms with van der Waals surface area (Å²) in [5.74, 6) is 2.21. The molecule has 0 saturated carbocycles. The van der Waals surface area contributed by atoms with Crippen LogP contribution in [0.15, 0.2) is 40.0 Å². The van der Waals surface area contributed by atoms with Crippen LogP contribution >= 0.6 is 50.9 Å². The van der Waals surface area contributed by atoms with E-state index >= 15 is 0 Å². The lowest BCUT2D eigenvalue weighted by molar-refractivity contribution is 0.280. The second-order valence-electron chi connectivity index (χ2n) is 6.51. The summed E-state index contributed by atoms with van der Waals surface area (Å²) in [6.07, 6.45) is 0.963. The van der Waals surface area contributed by atoms with E-state index in [4.69, 9.17) is 32.7 Å². The summed E-state index contributed by atoms with van der Waals surface area (Å²) in [4.78, 5) is 0. The monoisotopic (exact) mass is 545 g/mol. The van der Waals surface area contributed by atoms with Crippen LogP contribution in [0, 0.1) is 0 Å². The number of aromatic nitrogens is 4. The fraction of sp³-hybridized carbons (Fsp3) is 0.350. The molecule has 0 aliphatic rings. The van der Waals surface area contributed by atoms with Gasteiger partial charge in [0.1, 0.15) is 6.61 Å². The second kappa shape index (κ2) is 11.9. The first-order valence-corrected chi connectivity index (χ1v) is 12.0. The molecule has 166 valence electrons. The van der Waals surface area contributed by atoms with Crippen LogP contribution in [-0.2, 0) is 20.2 Å². The van der Waals surface area contributed by atoms with Crippen LogP contribution in [0.25, 0.3) is 0 Å². The number of methoxy groups -OCH3 is 1. The maximum Gasteiger partial charge on any atom is 0.209 e. The Morgan fingerprint density at radius 2 is 1.94 bits per heavy atom. The molecule has 1 heterocycles. The van der Waals surface area contributed by atoms with Crippen LogP contribution in [0.5, 0.6) is 11.5 Å². The molecule has 0 radical (unpaired) electrons. The highest BCUT2D eigenvalue weighted by Crippen LogP contribution is 2.37. The molecule has 1 N–H and O–H groups in total. The van der Waals surface area contributed by atoms with E-state index in [1.54, 1.807) is 35.7 Å². The SMILES string of the molecule is COc1ccc(Br)c(CNCCCSc2nnnn2C)c1OCc1c(Cl)cccc1Cl. The Kier molecular flexibility index (Phi) is 9.28. The van der Waals surface area contributed by atoms with Gasteiger partial charge < -0.3 is 14.8 Å². The van der Waals surface area contributed by atoms with Crippen molar-refractivity contribution in [1.29, 1.82) is 0 Å². The normalized spacial score (nSPS) is 11.0. The number of halogens is 3. The van der Waals surface area contributed by atoms with Crippen molar-refractivity contribution in [2.75, 3.05) is 19.4 Å². The van der Waals surface area contributed by atoms with Gasteiger partial charge in [0.15, 0.2) is 11.5 Å². The number of tetrazole rings is 1. The topological polar surface area (TPSA) is 74.1 Å². The number of rotatable bonds is 11. The zero-order valence-corrected chi connectivity index (χ0v) is 21.0. The lowest BCUT2D eigenvalue weighted by Gasteiger charge is -2.18. The minimum atomic E-state index is 0.237. The summed E-state index contributed by atoms with van der Waals surface area (Å²) < 4.78 is 14.3. The van der Waals surface area contributed by atoms with Crippen molar-refractivity contribution >= 4 is 50.9 Å². The number of aryl methyl sites for hydroxylation is 1. The number of nitrogens with zero attached hydrogens (tertiary/aromatic N) is 4. The van der Waals surface area contributed by atoms with Gasteiger partial charge in [0.2, 0.25) is 5.16 Å². The number of ether oxygens (including phenoxy) is 2. The Hall–Kier alpha value is -1.52. The van der Waals surface area contributed by atoms with E-state index in [1.807, 2.05) is 25.2 Å². The first-order chi connectivity index (χ1) is 15.0. The average Bonchev–Trinajstić information content (AvgIpc) is 3.16. The molecule has 0 spiro atoms. The molecule has 0 fully saturated rings. The summed E-state index contributed by atoms with van der Waals surface area (Å²) in [5, 5.41) is 16.8. The van der Waals surface area contributed by atoms with Gasteiger partial charge in [0.05, 0.1) is 7.11 Å². The van der Waals surface area contributed by atoms with Crippen molar-refractivity contribution in [3.05, 3.63) is 56.0 Å². The van der Waals surface area contributed by atoms with Crippen molar-refractivity contribution in [3.8, 4) is 11.5 Å². The van der Waals surface area contributed by atoms with Crippen molar-refractivity contribution in [2.45, 2.75) is 24.7 Å². The quantitative estimate of drug-likeness (QED) is 0.263. The van der Waals surface area contributed by atoms with Crippen molar-refractivity contribution in [3.63, 3.8) is 0 Å². The Bertz CT molecular complexity index is 1000. The van der Waals surface area contributed by atoms with E-state index in [1.165, 1.54) is 0 Å². The van der Waals surface area contributed by atoms with E-state index in [0.717, 1.165) is 39.5 Å². The summed E-state index contributed by atoms with van der Waals surface area (Å²) in [5.41, 5.74) is 1.70. The number of benzene rings is 2. The second-order valence-corrected chi connectivity index (χ2v) is 9.24. The van der Waals surface area contributed by atoms with Crippen LogP contribution in [0.1, 0.15) is 17.5 Å². The molecule has 31 heavy (non-hydrogen) atoms. The first kappa shape index (κ1) is 24.1. The Labute approximate surface area is 203 Å². The van der Waals surface area contributed by atoms with Crippen LogP contribution in [0.3, 0.4) is 0 Å². The summed E-state index contributed by atoms with van der Waals surface area (Å²) in [6, 6.07) is 9.21. The number of hydrogen-bond donors (Lipinski definition) is 1. The zero-order chi connectivity index (χ0) is 22.2. The predicted molar refractivity (Wildman–Crippen MR) is 127 cm³/mol. The third-order valence-corrected chi connectivity index (χ3v) is 6.97. The van der Waals surface area contributed by atoms with Gasteiger partial charge >= 0.3 is 0 Å². The minimum Gasteiger partial charge on any atom is -0.493 e. The smallest absolute Gasteiger partial charge is 0.209 e. The number of nitrogens with one attached hydrogen (secondary N) is 1. The first-order valence-electron chi connectivity index (χ1n) is 9.48. The van der Waals surface area contributed by atoms with E-state index in [9.17, 15) is 0 Å². The summed E-state index contributed by atoms with van der Waals surface area (Å²) in [7, 11) is 3.45. The third kappa shape index (κ3) is 6.49. The van der Waals surface area contributed by atoms with Crippen LogP contribution in [0.2, 0.25) is 10.0 Å². The number of hydrogen-bond acceptors (Lipinski definition) is 7. The predicted octanol–water partition coefficient (Wildman–Crippen LogP) is 5.14. The van der Waals surface area contributed by atoms with Crippen LogP contribution < -0.4 is 14.8 Å². The molecule has 0 aliphatic carbocycles. The van der Waals surface area contributed by atoms with Gasteiger partial charge in [-0.05, 0) is 47.7 Å². The van der Waals surface area contributed by atoms with Gasteiger partial charge in [-0.2, -0.15) is 0 Å². The molecule has 3 rings (SSSR count). The highest BCUT2D eigenvalue weighted by atomic mass is 79.9. The molecule has 1 aromatic heterocycles. The molecule has 0 aliphatic heterocycles. The van der Waals surface area contributed by atoms with Gasteiger partial charge in [0.25, 0.3) is 0 Å². The fourth-order valence-electron chi connectivity index (χ4n) is 2.80. The summed E-state index contributed by atoms with van der Waals surface area (Å²) in [6.45, 7) is 1.68. The largest absolute Gasteiger partial charge is 0.493 e. The molecule has 11 heteroatoms. The highest BCUT2D eigenvalue weighted by Gasteiger charge is 2.16. The van der Waals surface area contributed by atoms with Crippen molar-refractivity contribution < 1.29 is 9.47 Å². The van der Waals surface area contributed by atoms with Crippen molar-refractivity contribution in [1.82, 2.24) is 25.5 Å². The molecular formula is C20H22BrCl2N5O2S. The molecular weight excluding hydrogens is 525 g/mol. The summed E-state index contributed by atoms with van der Waals surface area (Å²) >= 11 is 17.8. The molecule has 0 amide bonds. The molecule has 0 saturated heterocycles. The maximum atomic E-state index is 6.29. The van der Waals surface area contributed by atoms with E-state index in [2.05, 4.69) is 36.8 Å². The third-order valence-electron chi connectivity index (χ3n) is 4.42. The van der Waals surface area contributed by atoms with Gasteiger partial charge in [0, 0.05) is 45.0 Å². The van der Waals surface area contributed by atoms with E-state index < -0.39 is 0 Å². The lowest BCUT2D eigenvalue weighted by Crippen LogP contribution is -2.17. The molecule has 3 aromatic rings. The molecule has 0 atom stereocenters. The highest BCUT2D eigenvalue weighted by molar-refractivity contribution is 9.10. The van der Waals surface area contributed by atoms with Gasteiger partial charge in [-0.25, -0.2) is 4.68 Å². The molecule has 2 aromatic carbocycles. The van der Waals surface area contributed by atoms with E-state index in [0.29, 0.717) is 28.1 Å². The maximum absolute atomic E-state index is 6.29. The van der Waals surface area contributed by atoms with E-state index in [-0.39, 0.29) is 6.61 Å². The van der Waals surface area contributed by atoms with Gasteiger partial charge in [-0.15, -0.1) is 5.10 Å². The van der Waals surface area contributed by atoms with Crippen molar-refractivity contribution in [2.24, 2.45) is 7.05 Å². The lowest BCUT2D eigenvalue weighted by atomic mass is 10.1. The Morgan fingerprint density at radius 3 is 2.61 bits per heavy atom. The van der Waals surface area contributed by atoms with Gasteiger partial charge in [-0.1, -0.05) is 57.0 Å². The van der Waals surface area contributed by atoms with Crippen LogP contribution in [-0.4, -0.2) is 39.6 Å². The fourth-order valence-corrected chi connectivity index (χ4v) is 4.55. The Balaban J connectivity index is 1.61. The Morgan fingerprint density at radius 1 is 1.16 bits per heavy atom. The minimum absolute atomic E-state index is 0.237. The standard InChI is InChI=1S/C20H22BrCl2N5O2S/c1-28-20(25-26-27-28)31-10-4-9-24-11-13-15(21)7-8-18(29-2)19(13)30-12-14-16(22)5-3-6-17(14)23/h3,5-8,24H,4,9-12H2,1-2H3. The molecule has 7 nitrogen and oxygen atoms in total. The zero-order valence-electron chi connectivity index (χ0n) is 17.1.